The average molecular weight is 234 g/mol. The van der Waals surface area contributed by atoms with Gasteiger partial charge in [-0.05, 0) is 24.6 Å². The van der Waals surface area contributed by atoms with E-state index in [1.54, 1.807) is 31.2 Å². The first-order chi connectivity index (χ1) is 7.00. The van der Waals surface area contributed by atoms with Gasteiger partial charge < -0.3 is 5.32 Å². The molecule has 1 aromatic rings. The summed E-state index contributed by atoms with van der Waals surface area (Å²) in [6.45, 7) is 1.63. The summed E-state index contributed by atoms with van der Waals surface area (Å²) in [5.74, 6) is -1.27. The largest absolute Gasteiger partial charge is 0.345 e. The van der Waals surface area contributed by atoms with Crippen LogP contribution in [-0.2, 0) is 4.79 Å². The fraction of sp³-hybridized carbons (Fsp3) is 0.300. The van der Waals surface area contributed by atoms with Crippen LogP contribution in [0.15, 0.2) is 24.3 Å². The molecule has 15 heavy (non-hydrogen) atoms. The van der Waals surface area contributed by atoms with Crippen LogP contribution in [-0.4, -0.2) is 12.3 Å². The molecule has 0 spiro atoms. The molecule has 0 aliphatic heterocycles. The molecule has 0 saturated carbocycles. The number of rotatable bonds is 3. The van der Waals surface area contributed by atoms with E-state index in [4.69, 9.17) is 11.6 Å². The number of alkyl halides is 2. The summed E-state index contributed by atoms with van der Waals surface area (Å²) in [4.78, 5) is 10.7. The monoisotopic (exact) mass is 233 g/mol. The zero-order valence-corrected chi connectivity index (χ0v) is 8.76. The number of hydrogen-bond acceptors (Lipinski definition) is 1. The van der Waals surface area contributed by atoms with Gasteiger partial charge in [-0.25, -0.2) is 0 Å². The Bertz CT molecular complexity index is 340. The lowest BCUT2D eigenvalue weighted by Gasteiger charge is -2.13. The van der Waals surface area contributed by atoms with Crippen LogP contribution in [0.2, 0.25) is 5.02 Å². The van der Waals surface area contributed by atoms with Crippen molar-refractivity contribution < 1.29 is 13.6 Å². The van der Waals surface area contributed by atoms with Crippen molar-refractivity contribution in [1.82, 2.24) is 5.32 Å². The van der Waals surface area contributed by atoms with E-state index < -0.39 is 18.4 Å². The van der Waals surface area contributed by atoms with E-state index in [1.807, 2.05) is 0 Å². The van der Waals surface area contributed by atoms with E-state index >= 15 is 0 Å². The van der Waals surface area contributed by atoms with Crippen LogP contribution in [0.25, 0.3) is 0 Å². The van der Waals surface area contributed by atoms with Gasteiger partial charge in [0.1, 0.15) is 0 Å². The summed E-state index contributed by atoms with van der Waals surface area (Å²) < 4.78 is 23.9. The Labute approximate surface area is 91.2 Å². The predicted molar refractivity (Wildman–Crippen MR) is 54.0 cm³/mol. The quantitative estimate of drug-likeness (QED) is 0.855. The lowest BCUT2D eigenvalue weighted by molar-refractivity contribution is -0.132. The minimum absolute atomic E-state index is 0.455. The Balaban J connectivity index is 2.65. The van der Waals surface area contributed by atoms with Crippen molar-refractivity contribution in [3.63, 3.8) is 0 Å². The van der Waals surface area contributed by atoms with Gasteiger partial charge in [0, 0.05) is 5.02 Å². The Hall–Kier alpha value is -1.16. The van der Waals surface area contributed by atoms with Gasteiger partial charge in [0.25, 0.3) is 5.91 Å². The van der Waals surface area contributed by atoms with Crippen LogP contribution in [0.1, 0.15) is 18.5 Å². The summed E-state index contributed by atoms with van der Waals surface area (Å²) in [5, 5.41) is 2.74. The maximum atomic E-state index is 11.9. The third-order valence-corrected chi connectivity index (χ3v) is 2.18. The van der Waals surface area contributed by atoms with Crippen LogP contribution in [0.5, 0.6) is 0 Å². The molecule has 1 rings (SSSR count). The highest BCUT2D eigenvalue weighted by Gasteiger charge is 2.17. The molecule has 0 aliphatic rings. The van der Waals surface area contributed by atoms with Crippen LogP contribution in [0.4, 0.5) is 8.78 Å². The van der Waals surface area contributed by atoms with Gasteiger partial charge in [0.15, 0.2) is 0 Å². The summed E-state index contributed by atoms with van der Waals surface area (Å²) >= 11 is 5.67. The van der Waals surface area contributed by atoms with Gasteiger partial charge >= 0.3 is 6.43 Å². The Morgan fingerprint density at radius 3 is 2.33 bits per heavy atom. The molecule has 0 heterocycles. The molecule has 1 atom stereocenters. The van der Waals surface area contributed by atoms with Gasteiger partial charge in [-0.15, -0.1) is 0 Å². The second-order valence-electron chi connectivity index (χ2n) is 3.08. The molecule has 0 fully saturated rings. The van der Waals surface area contributed by atoms with E-state index in [1.165, 1.54) is 0 Å². The van der Waals surface area contributed by atoms with E-state index in [0.29, 0.717) is 5.02 Å². The molecule has 0 bridgehead atoms. The zero-order valence-electron chi connectivity index (χ0n) is 8.01. The van der Waals surface area contributed by atoms with Crippen molar-refractivity contribution in [1.29, 1.82) is 0 Å². The molecule has 0 radical (unpaired) electrons. The normalized spacial score (nSPS) is 12.6. The number of hydrogen-bond donors (Lipinski definition) is 1. The first-order valence-electron chi connectivity index (χ1n) is 4.34. The second kappa shape index (κ2) is 5.07. The number of carbonyl (C=O) groups is 1. The predicted octanol–water partition coefficient (Wildman–Crippen LogP) is 2.78. The molecule has 0 aliphatic carbocycles. The van der Waals surface area contributed by atoms with Crippen LogP contribution < -0.4 is 5.32 Å². The van der Waals surface area contributed by atoms with Gasteiger partial charge in [-0.1, -0.05) is 23.7 Å². The molecule has 82 valence electrons. The summed E-state index contributed by atoms with van der Waals surface area (Å²) in [6, 6.07) is 6.19. The first kappa shape index (κ1) is 11.9. The molecule has 1 N–H and O–H groups in total. The van der Waals surface area contributed by atoms with E-state index in [0.717, 1.165) is 5.56 Å². The van der Waals surface area contributed by atoms with Crippen molar-refractivity contribution >= 4 is 17.5 Å². The highest BCUT2D eigenvalue weighted by atomic mass is 35.5. The van der Waals surface area contributed by atoms with E-state index in [9.17, 15) is 13.6 Å². The Morgan fingerprint density at radius 1 is 1.33 bits per heavy atom. The summed E-state index contributed by atoms with van der Waals surface area (Å²) in [6.07, 6.45) is -2.99. The summed E-state index contributed by atoms with van der Waals surface area (Å²) in [5.41, 5.74) is 0.730. The second-order valence-corrected chi connectivity index (χ2v) is 3.52. The molecule has 1 aromatic carbocycles. The van der Waals surface area contributed by atoms with Gasteiger partial charge in [0.05, 0.1) is 6.04 Å². The first-order valence-corrected chi connectivity index (χ1v) is 4.72. The Morgan fingerprint density at radius 2 is 1.87 bits per heavy atom. The minimum atomic E-state index is -2.99. The molecular weight excluding hydrogens is 224 g/mol. The van der Waals surface area contributed by atoms with Crippen molar-refractivity contribution in [3.05, 3.63) is 34.9 Å². The molecule has 0 unspecified atom stereocenters. The fourth-order valence-corrected chi connectivity index (χ4v) is 1.24. The third-order valence-electron chi connectivity index (χ3n) is 1.93. The highest BCUT2D eigenvalue weighted by molar-refractivity contribution is 6.30. The van der Waals surface area contributed by atoms with Crippen LogP contribution in [0, 0.1) is 0 Å². The smallest absolute Gasteiger partial charge is 0.315 e. The van der Waals surface area contributed by atoms with Crippen LogP contribution >= 0.6 is 11.6 Å². The van der Waals surface area contributed by atoms with Gasteiger partial charge in [-0.3, -0.25) is 4.79 Å². The van der Waals surface area contributed by atoms with Crippen LogP contribution in [0.3, 0.4) is 0 Å². The fourth-order valence-electron chi connectivity index (χ4n) is 1.11. The number of halogens is 3. The van der Waals surface area contributed by atoms with Crippen molar-refractivity contribution in [2.75, 3.05) is 0 Å². The highest BCUT2D eigenvalue weighted by Crippen LogP contribution is 2.16. The van der Waals surface area contributed by atoms with Gasteiger partial charge in [-0.2, -0.15) is 8.78 Å². The van der Waals surface area contributed by atoms with Crippen molar-refractivity contribution in [2.24, 2.45) is 0 Å². The maximum absolute atomic E-state index is 11.9. The standard InChI is InChI=1S/C10H10ClF2NO/c1-6(14-10(15)9(12)13)7-2-4-8(11)5-3-7/h2-6,9H,1H3,(H,14,15)/t6-/m0/s1. The van der Waals surface area contributed by atoms with E-state index in [-0.39, 0.29) is 0 Å². The SMILES string of the molecule is C[C@H](NC(=O)C(F)F)c1ccc(Cl)cc1. The molecular formula is C10H10ClF2NO. The molecule has 1 amide bonds. The Kier molecular flexibility index (Phi) is 4.03. The van der Waals surface area contributed by atoms with Crippen molar-refractivity contribution in [3.8, 4) is 0 Å². The molecule has 2 nitrogen and oxygen atoms in total. The van der Waals surface area contributed by atoms with E-state index in [2.05, 4.69) is 5.32 Å². The zero-order chi connectivity index (χ0) is 11.4. The number of benzene rings is 1. The van der Waals surface area contributed by atoms with Crippen molar-refractivity contribution in [2.45, 2.75) is 19.4 Å². The number of amides is 1. The number of carbonyl (C=O) groups excluding carboxylic acids is 1. The average Bonchev–Trinajstić information content (AvgIpc) is 2.18. The van der Waals surface area contributed by atoms with Gasteiger partial charge in [0.2, 0.25) is 0 Å². The molecule has 0 saturated heterocycles. The molecule has 5 heteroatoms. The maximum Gasteiger partial charge on any atom is 0.315 e. The minimum Gasteiger partial charge on any atom is -0.345 e. The third kappa shape index (κ3) is 3.47. The number of nitrogens with one attached hydrogen (secondary N) is 1. The lowest BCUT2D eigenvalue weighted by atomic mass is 10.1. The lowest BCUT2D eigenvalue weighted by Crippen LogP contribution is -2.31. The topological polar surface area (TPSA) is 29.1 Å². The molecule has 0 aromatic heterocycles. The summed E-state index contributed by atoms with van der Waals surface area (Å²) in [7, 11) is 0.